The molecule has 124 valence electrons. The molecule has 23 heavy (non-hydrogen) atoms. The van der Waals surface area contributed by atoms with Crippen LogP contribution in [0, 0.1) is 13.8 Å². The number of hydrogen-bond donors (Lipinski definition) is 2. The number of nitrogens with one attached hydrogen (secondary N) is 1. The van der Waals surface area contributed by atoms with Gasteiger partial charge in [-0.25, -0.2) is 0 Å². The minimum atomic E-state index is -4.48. The molecule has 0 bridgehead atoms. The fourth-order valence-corrected chi connectivity index (χ4v) is 2.18. The highest BCUT2D eigenvalue weighted by Gasteiger charge is 2.30. The van der Waals surface area contributed by atoms with Crippen molar-refractivity contribution >= 4 is 5.91 Å². The molecule has 2 N–H and O–H groups in total. The lowest BCUT2D eigenvalue weighted by Gasteiger charge is -2.14. The van der Waals surface area contributed by atoms with Crippen LogP contribution in [-0.4, -0.2) is 17.6 Å². The van der Waals surface area contributed by atoms with E-state index in [1.54, 1.807) is 19.9 Å². The Morgan fingerprint density at radius 2 is 2.00 bits per heavy atom. The molecule has 0 spiro atoms. The van der Waals surface area contributed by atoms with Gasteiger partial charge in [-0.05, 0) is 37.6 Å². The molecule has 1 unspecified atom stereocenters. The molecule has 1 aromatic heterocycles. The fourth-order valence-electron chi connectivity index (χ4n) is 2.18. The zero-order valence-electron chi connectivity index (χ0n) is 12.6. The third kappa shape index (κ3) is 4.13. The SMILES string of the molecule is Cc1cc(C)c(C(=O)NCC(O)c2cccc(C(F)(F)F)c2)o1. The monoisotopic (exact) mass is 327 g/mol. The van der Waals surface area contributed by atoms with Gasteiger partial charge in [0.1, 0.15) is 5.76 Å². The number of aryl methyl sites for hydroxylation is 2. The van der Waals surface area contributed by atoms with E-state index >= 15 is 0 Å². The number of halogens is 3. The van der Waals surface area contributed by atoms with Gasteiger partial charge >= 0.3 is 6.18 Å². The Balaban J connectivity index is 2.04. The molecule has 0 aliphatic heterocycles. The number of alkyl halides is 3. The number of carbonyl (C=O) groups is 1. The van der Waals surface area contributed by atoms with Crippen molar-refractivity contribution in [3.05, 3.63) is 58.5 Å². The Hall–Kier alpha value is -2.28. The van der Waals surface area contributed by atoms with Gasteiger partial charge in [0.05, 0.1) is 11.7 Å². The van der Waals surface area contributed by atoms with Crippen LogP contribution in [0.5, 0.6) is 0 Å². The average Bonchev–Trinajstić information content (AvgIpc) is 2.82. The molecular formula is C16H16F3NO3. The topological polar surface area (TPSA) is 62.5 Å². The average molecular weight is 327 g/mol. The Morgan fingerprint density at radius 1 is 1.30 bits per heavy atom. The van der Waals surface area contributed by atoms with E-state index in [4.69, 9.17) is 4.42 Å². The minimum absolute atomic E-state index is 0.0764. The number of furan rings is 1. The summed E-state index contributed by atoms with van der Waals surface area (Å²) in [7, 11) is 0. The predicted molar refractivity (Wildman–Crippen MR) is 76.9 cm³/mol. The highest BCUT2D eigenvalue weighted by Crippen LogP contribution is 2.30. The van der Waals surface area contributed by atoms with Crippen molar-refractivity contribution in [3.63, 3.8) is 0 Å². The molecule has 0 aliphatic rings. The summed E-state index contributed by atoms with van der Waals surface area (Å²) in [6.07, 6.45) is -5.74. The summed E-state index contributed by atoms with van der Waals surface area (Å²) >= 11 is 0. The number of carbonyl (C=O) groups excluding carboxylic acids is 1. The van der Waals surface area contributed by atoms with Gasteiger partial charge in [-0.3, -0.25) is 4.79 Å². The molecule has 2 aromatic rings. The smallest absolute Gasteiger partial charge is 0.416 e. The summed E-state index contributed by atoms with van der Waals surface area (Å²) < 4.78 is 43.2. The lowest BCUT2D eigenvalue weighted by atomic mass is 10.1. The first kappa shape index (κ1) is 17.1. The van der Waals surface area contributed by atoms with Crippen LogP contribution in [0.3, 0.4) is 0 Å². The highest BCUT2D eigenvalue weighted by atomic mass is 19.4. The molecule has 2 rings (SSSR count). The van der Waals surface area contributed by atoms with Crippen molar-refractivity contribution in [2.24, 2.45) is 0 Å². The summed E-state index contributed by atoms with van der Waals surface area (Å²) in [5.74, 6) is 0.173. The largest absolute Gasteiger partial charge is 0.456 e. The Kier molecular flexibility index (Phi) is 4.79. The number of benzene rings is 1. The van der Waals surface area contributed by atoms with Gasteiger partial charge in [0.15, 0.2) is 5.76 Å². The quantitative estimate of drug-likeness (QED) is 0.905. The van der Waals surface area contributed by atoms with Gasteiger partial charge in [0.2, 0.25) is 0 Å². The van der Waals surface area contributed by atoms with Crippen molar-refractivity contribution in [1.29, 1.82) is 0 Å². The van der Waals surface area contributed by atoms with Gasteiger partial charge in [0.25, 0.3) is 5.91 Å². The number of hydrogen-bond acceptors (Lipinski definition) is 3. The van der Waals surface area contributed by atoms with E-state index in [2.05, 4.69) is 5.32 Å². The van der Waals surface area contributed by atoms with E-state index < -0.39 is 23.8 Å². The first-order valence-electron chi connectivity index (χ1n) is 6.89. The Bertz CT molecular complexity index is 707. The maximum Gasteiger partial charge on any atom is 0.416 e. The molecular weight excluding hydrogens is 311 g/mol. The van der Waals surface area contributed by atoms with Crippen LogP contribution in [-0.2, 0) is 6.18 Å². The summed E-state index contributed by atoms with van der Waals surface area (Å²) in [5.41, 5.74) is -0.126. The van der Waals surface area contributed by atoms with E-state index in [0.717, 1.165) is 12.1 Å². The van der Waals surface area contributed by atoms with Gasteiger partial charge < -0.3 is 14.8 Å². The highest BCUT2D eigenvalue weighted by molar-refractivity contribution is 5.92. The summed E-state index contributed by atoms with van der Waals surface area (Å²) in [4.78, 5) is 11.9. The molecule has 4 nitrogen and oxygen atoms in total. The van der Waals surface area contributed by atoms with Crippen LogP contribution in [0.1, 0.15) is 39.1 Å². The van der Waals surface area contributed by atoms with E-state index in [1.165, 1.54) is 12.1 Å². The zero-order chi connectivity index (χ0) is 17.2. The fraction of sp³-hybridized carbons (Fsp3) is 0.312. The van der Waals surface area contributed by atoms with Crippen LogP contribution in [0.25, 0.3) is 0 Å². The van der Waals surface area contributed by atoms with Gasteiger partial charge in [-0.15, -0.1) is 0 Å². The van der Waals surface area contributed by atoms with Crippen LogP contribution >= 0.6 is 0 Å². The molecule has 1 amide bonds. The third-order valence-electron chi connectivity index (χ3n) is 3.30. The van der Waals surface area contributed by atoms with Crippen molar-refractivity contribution in [2.45, 2.75) is 26.1 Å². The minimum Gasteiger partial charge on any atom is -0.456 e. The molecule has 0 saturated carbocycles. The molecule has 1 aromatic carbocycles. The van der Waals surface area contributed by atoms with Gasteiger partial charge in [-0.2, -0.15) is 13.2 Å². The maximum atomic E-state index is 12.6. The molecule has 0 aliphatic carbocycles. The zero-order valence-corrected chi connectivity index (χ0v) is 12.6. The van der Waals surface area contributed by atoms with Gasteiger partial charge in [-0.1, -0.05) is 12.1 Å². The number of rotatable bonds is 4. The molecule has 7 heteroatoms. The summed E-state index contributed by atoms with van der Waals surface area (Å²) in [6, 6.07) is 6.05. The second kappa shape index (κ2) is 6.45. The Labute approximate surface area is 130 Å². The number of aliphatic hydroxyl groups is 1. The molecule has 1 heterocycles. The molecule has 0 radical (unpaired) electrons. The molecule has 0 saturated heterocycles. The third-order valence-corrected chi connectivity index (χ3v) is 3.30. The van der Waals surface area contributed by atoms with Crippen LogP contribution in [0.4, 0.5) is 13.2 Å². The van der Waals surface area contributed by atoms with E-state index in [9.17, 15) is 23.1 Å². The van der Waals surface area contributed by atoms with Crippen molar-refractivity contribution in [3.8, 4) is 0 Å². The van der Waals surface area contributed by atoms with Crippen LogP contribution in [0.15, 0.2) is 34.7 Å². The van der Waals surface area contributed by atoms with Crippen molar-refractivity contribution < 1.29 is 27.5 Å². The van der Waals surface area contributed by atoms with E-state index in [0.29, 0.717) is 11.3 Å². The van der Waals surface area contributed by atoms with Gasteiger partial charge in [0, 0.05) is 12.1 Å². The normalized spacial score (nSPS) is 13.0. The number of amides is 1. The standard InChI is InChI=1S/C16H16F3NO3/c1-9-6-10(2)23-14(9)15(22)20-8-13(21)11-4-3-5-12(7-11)16(17,18)19/h3-7,13,21H,8H2,1-2H3,(H,20,22). The Morgan fingerprint density at radius 3 is 2.57 bits per heavy atom. The number of aliphatic hydroxyl groups excluding tert-OH is 1. The van der Waals surface area contributed by atoms with E-state index in [-0.39, 0.29) is 17.9 Å². The summed E-state index contributed by atoms with van der Waals surface area (Å²) in [5, 5.41) is 12.4. The molecule has 1 atom stereocenters. The lowest BCUT2D eigenvalue weighted by molar-refractivity contribution is -0.137. The van der Waals surface area contributed by atoms with Crippen molar-refractivity contribution in [1.82, 2.24) is 5.32 Å². The molecule has 0 fully saturated rings. The predicted octanol–water partition coefficient (Wildman–Crippen LogP) is 3.38. The first-order valence-corrected chi connectivity index (χ1v) is 6.89. The van der Waals surface area contributed by atoms with Crippen LogP contribution < -0.4 is 5.32 Å². The lowest BCUT2D eigenvalue weighted by Crippen LogP contribution is -2.28. The maximum absolute atomic E-state index is 12.6. The summed E-state index contributed by atoms with van der Waals surface area (Å²) in [6.45, 7) is 3.18. The second-order valence-corrected chi connectivity index (χ2v) is 5.22. The van der Waals surface area contributed by atoms with Crippen molar-refractivity contribution in [2.75, 3.05) is 6.54 Å². The van der Waals surface area contributed by atoms with E-state index in [1.807, 2.05) is 0 Å². The first-order chi connectivity index (χ1) is 10.7. The second-order valence-electron chi connectivity index (χ2n) is 5.22. The van der Waals surface area contributed by atoms with Crippen LogP contribution in [0.2, 0.25) is 0 Å².